The summed E-state index contributed by atoms with van der Waals surface area (Å²) < 4.78 is 34.5. The molecular formula is C16H12F2N4O5. The lowest BCUT2D eigenvalue weighted by Gasteiger charge is -2.08. The summed E-state index contributed by atoms with van der Waals surface area (Å²) in [5.41, 5.74) is 0.0458. The van der Waals surface area contributed by atoms with Crippen molar-refractivity contribution in [2.45, 2.75) is 6.43 Å². The van der Waals surface area contributed by atoms with Gasteiger partial charge in [0, 0.05) is 18.2 Å². The monoisotopic (exact) mass is 378 g/mol. The van der Waals surface area contributed by atoms with Crippen LogP contribution in [-0.4, -0.2) is 34.1 Å². The van der Waals surface area contributed by atoms with Gasteiger partial charge in [0.25, 0.3) is 18.0 Å². The quantitative estimate of drug-likeness (QED) is 0.479. The molecule has 0 aliphatic rings. The van der Waals surface area contributed by atoms with E-state index in [0.29, 0.717) is 11.5 Å². The number of rotatable bonds is 7. The van der Waals surface area contributed by atoms with Gasteiger partial charge in [0.2, 0.25) is 0 Å². The molecule has 0 aliphatic heterocycles. The molecule has 27 heavy (non-hydrogen) atoms. The van der Waals surface area contributed by atoms with Gasteiger partial charge in [-0.15, -0.1) is 0 Å². The lowest BCUT2D eigenvalue weighted by atomic mass is 10.2. The van der Waals surface area contributed by atoms with Crippen LogP contribution in [0, 0.1) is 10.1 Å². The van der Waals surface area contributed by atoms with Crippen molar-refractivity contribution in [1.29, 1.82) is 0 Å². The number of benzene rings is 1. The number of furan rings is 1. The van der Waals surface area contributed by atoms with E-state index in [1.54, 1.807) is 12.1 Å². The topological polar surface area (TPSA) is 123 Å². The molecule has 1 amide bonds. The zero-order valence-electron chi connectivity index (χ0n) is 13.5. The van der Waals surface area contributed by atoms with E-state index in [9.17, 15) is 23.7 Å². The smallest absolute Gasteiger partial charge is 0.276 e. The number of aromatic amines is 1. The Bertz CT molecular complexity index is 956. The number of nitrogens with one attached hydrogen (secondary N) is 2. The Balaban J connectivity index is 1.79. The number of amides is 1. The maximum atomic E-state index is 12.3. The van der Waals surface area contributed by atoms with E-state index in [1.807, 2.05) is 0 Å². The third-order valence-corrected chi connectivity index (χ3v) is 3.33. The number of hydrogen-bond donors (Lipinski definition) is 2. The first-order chi connectivity index (χ1) is 12.9. The molecule has 0 bridgehead atoms. The molecule has 11 heteroatoms. The van der Waals surface area contributed by atoms with Gasteiger partial charge >= 0.3 is 0 Å². The van der Waals surface area contributed by atoms with Gasteiger partial charge in [0.15, 0.2) is 11.5 Å². The van der Waals surface area contributed by atoms with Gasteiger partial charge in [-0.1, -0.05) is 0 Å². The van der Waals surface area contributed by atoms with E-state index in [0.717, 1.165) is 12.1 Å². The molecule has 140 valence electrons. The van der Waals surface area contributed by atoms with Crippen LogP contribution < -0.4 is 10.1 Å². The van der Waals surface area contributed by atoms with E-state index in [2.05, 4.69) is 15.5 Å². The zero-order valence-corrected chi connectivity index (χ0v) is 13.5. The molecular weight excluding hydrogens is 366 g/mol. The number of anilines is 1. The molecule has 0 aliphatic carbocycles. The van der Waals surface area contributed by atoms with Crippen molar-refractivity contribution in [3.63, 3.8) is 0 Å². The second-order valence-electron chi connectivity index (χ2n) is 5.27. The summed E-state index contributed by atoms with van der Waals surface area (Å²) in [5, 5.41) is 19.9. The molecule has 1 aromatic carbocycles. The third-order valence-electron chi connectivity index (χ3n) is 3.33. The number of aromatic nitrogens is 2. The molecule has 0 fully saturated rings. The van der Waals surface area contributed by atoms with Gasteiger partial charge in [-0.25, -0.2) is 8.78 Å². The van der Waals surface area contributed by atoms with Crippen LogP contribution >= 0.6 is 0 Å². The van der Waals surface area contributed by atoms with E-state index in [-0.39, 0.29) is 17.1 Å². The summed E-state index contributed by atoms with van der Waals surface area (Å²) in [4.78, 5) is 22.6. The first-order valence-corrected chi connectivity index (χ1v) is 7.53. The van der Waals surface area contributed by atoms with Crippen LogP contribution in [0.1, 0.15) is 10.5 Å². The Kier molecular flexibility index (Phi) is 5.11. The van der Waals surface area contributed by atoms with E-state index >= 15 is 0 Å². The van der Waals surface area contributed by atoms with Crippen molar-refractivity contribution < 1.29 is 27.7 Å². The number of ether oxygens (including phenoxy) is 1. The number of halogens is 2. The van der Waals surface area contributed by atoms with Crippen molar-refractivity contribution in [3.8, 4) is 17.2 Å². The van der Waals surface area contributed by atoms with Crippen molar-refractivity contribution in [2.24, 2.45) is 0 Å². The van der Waals surface area contributed by atoms with Crippen LogP contribution in [0.3, 0.4) is 0 Å². The molecule has 0 saturated carbocycles. The predicted molar refractivity (Wildman–Crippen MR) is 88.8 cm³/mol. The Labute approximate surface area is 150 Å². The minimum Gasteiger partial charge on any atom is -0.487 e. The second kappa shape index (κ2) is 7.64. The van der Waals surface area contributed by atoms with E-state index < -0.39 is 29.6 Å². The molecule has 3 aromatic rings. The maximum Gasteiger partial charge on any atom is 0.276 e. The first kappa shape index (κ1) is 18.0. The van der Waals surface area contributed by atoms with Gasteiger partial charge < -0.3 is 14.5 Å². The number of alkyl halides is 2. The third kappa shape index (κ3) is 4.45. The highest BCUT2D eigenvalue weighted by Gasteiger charge is 2.17. The molecule has 2 aromatic heterocycles. The summed E-state index contributed by atoms with van der Waals surface area (Å²) >= 11 is 0. The summed E-state index contributed by atoms with van der Waals surface area (Å²) in [7, 11) is 0. The van der Waals surface area contributed by atoms with Crippen LogP contribution in [0.25, 0.3) is 11.5 Å². The fourth-order valence-electron chi connectivity index (χ4n) is 2.19. The first-order valence-electron chi connectivity index (χ1n) is 7.53. The normalized spacial score (nSPS) is 10.8. The van der Waals surface area contributed by atoms with Gasteiger partial charge in [0.05, 0.1) is 22.9 Å². The van der Waals surface area contributed by atoms with Gasteiger partial charge in [-0.05, 0) is 12.1 Å². The standard InChI is InChI=1S/C16H12F2N4O5/c17-15(18)8-27-11-5-9(4-10(6-11)22(24)25)19-16(23)13-7-12(20-21-13)14-2-1-3-26-14/h1-7,15H,8H2,(H,19,23)(H,20,21). The van der Waals surface area contributed by atoms with Crippen LogP contribution in [0.4, 0.5) is 20.2 Å². The molecule has 0 atom stereocenters. The van der Waals surface area contributed by atoms with Gasteiger partial charge in [-0.3, -0.25) is 20.0 Å². The van der Waals surface area contributed by atoms with E-state index in [4.69, 9.17) is 9.15 Å². The SMILES string of the molecule is O=C(Nc1cc(OCC(F)F)cc([N+](=O)[O-])c1)c1cc(-c2ccco2)[nH]n1. The van der Waals surface area contributed by atoms with Crippen molar-refractivity contribution in [3.05, 3.63) is 58.5 Å². The number of carbonyl (C=O) groups is 1. The van der Waals surface area contributed by atoms with Crippen molar-refractivity contribution in [2.75, 3.05) is 11.9 Å². The average molecular weight is 378 g/mol. The lowest BCUT2D eigenvalue weighted by molar-refractivity contribution is -0.384. The number of nitro benzene ring substituents is 1. The maximum absolute atomic E-state index is 12.3. The molecule has 0 saturated heterocycles. The number of H-pyrrole nitrogens is 1. The molecule has 2 heterocycles. The Hall–Kier alpha value is -3.76. The Morgan fingerprint density at radius 2 is 2.19 bits per heavy atom. The molecule has 3 rings (SSSR count). The van der Waals surface area contributed by atoms with Crippen molar-refractivity contribution >= 4 is 17.3 Å². The fourth-order valence-corrected chi connectivity index (χ4v) is 2.19. The Morgan fingerprint density at radius 1 is 1.37 bits per heavy atom. The van der Waals surface area contributed by atoms with Gasteiger partial charge in [-0.2, -0.15) is 5.10 Å². The number of hydrogen-bond acceptors (Lipinski definition) is 6. The lowest BCUT2D eigenvalue weighted by Crippen LogP contribution is -2.13. The highest BCUT2D eigenvalue weighted by atomic mass is 19.3. The number of carbonyl (C=O) groups excluding carboxylic acids is 1. The minimum atomic E-state index is -2.74. The summed E-state index contributed by atoms with van der Waals surface area (Å²) in [5.74, 6) is -0.359. The van der Waals surface area contributed by atoms with Crippen LogP contribution in [0.15, 0.2) is 47.1 Å². The zero-order chi connectivity index (χ0) is 19.4. The number of nitrogens with zero attached hydrogens (tertiary/aromatic N) is 2. The molecule has 2 N–H and O–H groups in total. The Morgan fingerprint density at radius 3 is 2.85 bits per heavy atom. The number of non-ortho nitro benzene ring substituents is 1. The summed E-state index contributed by atoms with van der Waals surface area (Å²) in [6, 6.07) is 8.03. The highest BCUT2D eigenvalue weighted by Crippen LogP contribution is 2.27. The highest BCUT2D eigenvalue weighted by molar-refractivity contribution is 6.03. The fraction of sp³-hybridized carbons (Fsp3) is 0.125. The second-order valence-corrected chi connectivity index (χ2v) is 5.27. The largest absolute Gasteiger partial charge is 0.487 e. The predicted octanol–water partition coefficient (Wildman–Crippen LogP) is 3.47. The van der Waals surface area contributed by atoms with Crippen molar-refractivity contribution in [1.82, 2.24) is 10.2 Å². The molecule has 0 radical (unpaired) electrons. The minimum absolute atomic E-state index is 0.000940. The molecule has 9 nitrogen and oxygen atoms in total. The van der Waals surface area contributed by atoms with Crippen LogP contribution in [-0.2, 0) is 0 Å². The van der Waals surface area contributed by atoms with Crippen LogP contribution in [0.5, 0.6) is 5.75 Å². The number of nitro groups is 1. The summed E-state index contributed by atoms with van der Waals surface area (Å²) in [6.07, 6.45) is -1.29. The summed E-state index contributed by atoms with van der Waals surface area (Å²) in [6.45, 7) is -0.930. The molecule has 0 spiro atoms. The molecule has 0 unspecified atom stereocenters. The van der Waals surface area contributed by atoms with E-state index in [1.165, 1.54) is 18.4 Å². The van der Waals surface area contributed by atoms with Crippen LogP contribution in [0.2, 0.25) is 0 Å². The van der Waals surface area contributed by atoms with Gasteiger partial charge in [0.1, 0.15) is 18.1 Å². The average Bonchev–Trinajstić information content (AvgIpc) is 3.30.